The standard InChI is InChI=1S/C23H40O/c1-5-9-12-13-14-17-22-20(8-4)21(16-11-7-3)19(15-10-6-2)18-23(22)24/h18,24H,5-17H2,1-4H3. The summed E-state index contributed by atoms with van der Waals surface area (Å²) in [5.74, 6) is 0.564. The molecule has 0 aliphatic heterocycles. The van der Waals surface area contributed by atoms with Gasteiger partial charge in [-0.1, -0.05) is 66.2 Å². The van der Waals surface area contributed by atoms with Crippen molar-refractivity contribution in [3.8, 4) is 5.75 Å². The van der Waals surface area contributed by atoms with Crippen molar-refractivity contribution in [1.29, 1.82) is 0 Å². The predicted octanol–water partition coefficient (Wildman–Crippen LogP) is 7.15. The SMILES string of the molecule is CCCCCCCc1c(O)cc(CCCC)c(CCCC)c1CC. The number of aromatic hydroxyl groups is 1. The van der Waals surface area contributed by atoms with Crippen molar-refractivity contribution < 1.29 is 5.11 Å². The molecule has 138 valence electrons. The van der Waals surface area contributed by atoms with Crippen LogP contribution in [0.2, 0.25) is 0 Å². The molecule has 0 spiro atoms. The average Bonchev–Trinajstić information content (AvgIpc) is 2.59. The number of benzene rings is 1. The fraction of sp³-hybridized carbons (Fsp3) is 0.739. The molecule has 0 amide bonds. The normalized spacial score (nSPS) is 11.2. The minimum Gasteiger partial charge on any atom is -0.508 e. The van der Waals surface area contributed by atoms with Crippen LogP contribution >= 0.6 is 0 Å². The molecule has 0 aliphatic rings. The van der Waals surface area contributed by atoms with Crippen LogP contribution in [0.4, 0.5) is 0 Å². The summed E-state index contributed by atoms with van der Waals surface area (Å²) in [6, 6.07) is 2.10. The van der Waals surface area contributed by atoms with E-state index >= 15 is 0 Å². The highest BCUT2D eigenvalue weighted by Crippen LogP contribution is 2.32. The average molecular weight is 333 g/mol. The number of rotatable bonds is 13. The van der Waals surface area contributed by atoms with E-state index in [1.54, 1.807) is 5.56 Å². The third-order valence-electron chi connectivity index (χ3n) is 5.20. The van der Waals surface area contributed by atoms with Gasteiger partial charge in [-0.3, -0.25) is 0 Å². The molecule has 0 aliphatic carbocycles. The van der Waals surface area contributed by atoms with E-state index in [1.165, 1.54) is 80.9 Å². The molecule has 1 rings (SSSR count). The number of hydrogen-bond acceptors (Lipinski definition) is 1. The highest BCUT2D eigenvalue weighted by molar-refractivity contribution is 5.49. The first kappa shape index (κ1) is 21.1. The van der Waals surface area contributed by atoms with Gasteiger partial charge in [-0.25, -0.2) is 0 Å². The number of phenols is 1. The van der Waals surface area contributed by atoms with Gasteiger partial charge in [-0.2, -0.15) is 0 Å². The zero-order chi connectivity index (χ0) is 17.8. The van der Waals surface area contributed by atoms with Gasteiger partial charge in [0.05, 0.1) is 0 Å². The third-order valence-corrected chi connectivity index (χ3v) is 5.20. The summed E-state index contributed by atoms with van der Waals surface area (Å²) < 4.78 is 0. The Hall–Kier alpha value is -0.980. The van der Waals surface area contributed by atoms with E-state index in [0.717, 1.165) is 19.3 Å². The Morgan fingerprint density at radius 2 is 1.21 bits per heavy atom. The summed E-state index contributed by atoms with van der Waals surface area (Å²) in [5.41, 5.74) is 5.69. The van der Waals surface area contributed by atoms with E-state index in [1.807, 2.05) is 0 Å². The zero-order valence-corrected chi connectivity index (χ0v) is 16.7. The zero-order valence-electron chi connectivity index (χ0n) is 16.7. The fourth-order valence-electron chi connectivity index (χ4n) is 3.74. The van der Waals surface area contributed by atoms with Crippen LogP contribution < -0.4 is 0 Å². The summed E-state index contributed by atoms with van der Waals surface area (Å²) >= 11 is 0. The Kier molecular flexibility index (Phi) is 10.9. The molecule has 0 fully saturated rings. The lowest BCUT2D eigenvalue weighted by Crippen LogP contribution is -2.06. The molecule has 0 bridgehead atoms. The Morgan fingerprint density at radius 1 is 0.625 bits per heavy atom. The maximum atomic E-state index is 10.7. The molecular weight excluding hydrogens is 292 g/mol. The molecule has 1 nitrogen and oxygen atoms in total. The predicted molar refractivity (Wildman–Crippen MR) is 107 cm³/mol. The van der Waals surface area contributed by atoms with Crippen molar-refractivity contribution in [3.05, 3.63) is 28.3 Å². The molecule has 0 saturated heterocycles. The van der Waals surface area contributed by atoms with Gasteiger partial charge in [-0.15, -0.1) is 0 Å². The van der Waals surface area contributed by atoms with Crippen LogP contribution in [0.1, 0.15) is 108 Å². The summed E-state index contributed by atoms with van der Waals surface area (Å²) in [7, 11) is 0. The minimum absolute atomic E-state index is 0.564. The Labute approximate surface area is 150 Å². The molecule has 0 radical (unpaired) electrons. The van der Waals surface area contributed by atoms with Crippen molar-refractivity contribution in [2.45, 2.75) is 111 Å². The van der Waals surface area contributed by atoms with Gasteiger partial charge in [-0.05, 0) is 73.3 Å². The second-order valence-corrected chi connectivity index (χ2v) is 7.22. The first-order valence-electron chi connectivity index (χ1n) is 10.5. The van der Waals surface area contributed by atoms with Crippen LogP contribution in [-0.2, 0) is 25.7 Å². The fourth-order valence-corrected chi connectivity index (χ4v) is 3.74. The smallest absolute Gasteiger partial charge is 0.119 e. The van der Waals surface area contributed by atoms with Gasteiger partial charge in [0.15, 0.2) is 0 Å². The van der Waals surface area contributed by atoms with Crippen molar-refractivity contribution >= 4 is 0 Å². The number of phenolic OH excluding ortho intramolecular Hbond substituents is 1. The second kappa shape index (κ2) is 12.4. The maximum Gasteiger partial charge on any atom is 0.119 e. The van der Waals surface area contributed by atoms with Gasteiger partial charge >= 0.3 is 0 Å². The van der Waals surface area contributed by atoms with E-state index in [2.05, 4.69) is 33.8 Å². The Morgan fingerprint density at radius 3 is 1.83 bits per heavy atom. The molecule has 0 saturated carbocycles. The molecule has 0 unspecified atom stereocenters. The monoisotopic (exact) mass is 332 g/mol. The molecule has 1 heteroatoms. The van der Waals surface area contributed by atoms with Crippen LogP contribution in [-0.4, -0.2) is 5.11 Å². The lowest BCUT2D eigenvalue weighted by molar-refractivity contribution is 0.463. The first-order chi connectivity index (χ1) is 11.7. The first-order valence-corrected chi connectivity index (χ1v) is 10.5. The Balaban J connectivity index is 2.99. The molecule has 0 aromatic heterocycles. The van der Waals surface area contributed by atoms with Gasteiger partial charge in [0.2, 0.25) is 0 Å². The summed E-state index contributed by atoms with van der Waals surface area (Å²) in [6.07, 6.45) is 15.8. The number of aryl methyl sites for hydroxylation is 1. The van der Waals surface area contributed by atoms with Crippen LogP contribution in [0.25, 0.3) is 0 Å². The molecule has 24 heavy (non-hydrogen) atoms. The minimum atomic E-state index is 0.564. The second-order valence-electron chi connectivity index (χ2n) is 7.22. The molecule has 1 N–H and O–H groups in total. The molecule has 0 atom stereocenters. The van der Waals surface area contributed by atoms with Gasteiger partial charge in [0.1, 0.15) is 5.75 Å². The van der Waals surface area contributed by atoms with Crippen molar-refractivity contribution in [2.24, 2.45) is 0 Å². The molecule has 1 aromatic rings. The largest absolute Gasteiger partial charge is 0.508 e. The molecule has 0 heterocycles. The summed E-state index contributed by atoms with van der Waals surface area (Å²) in [6.45, 7) is 9.04. The van der Waals surface area contributed by atoms with Crippen molar-refractivity contribution in [1.82, 2.24) is 0 Å². The third kappa shape index (κ3) is 6.49. The lowest BCUT2D eigenvalue weighted by atomic mass is 9.86. The van der Waals surface area contributed by atoms with Crippen LogP contribution in [0.15, 0.2) is 6.07 Å². The topological polar surface area (TPSA) is 20.2 Å². The lowest BCUT2D eigenvalue weighted by Gasteiger charge is -2.20. The van der Waals surface area contributed by atoms with E-state index in [0.29, 0.717) is 5.75 Å². The number of hydrogen-bond donors (Lipinski definition) is 1. The van der Waals surface area contributed by atoms with Crippen LogP contribution in [0.5, 0.6) is 5.75 Å². The maximum absolute atomic E-state index is 10.7. The van der Waals surface area contributed by atoms with Gasteiger partial charge in [0.25, 0.3) is 0 Å². The quantitative estimate of drug-likeness (QED) is 0.380. The number of unbranched alkanes of at least 4 members (excludes halogenated alkanes) is 6. The van der Waals surface area contributed by atoms with E-state index in [-0.39, 0.29) is 0 Å². The Bertz CT molecular complexity index is 462. The van der Waals surface area contributed by atoms with E-state index in [9.17, 15) is 5.11 Å². The highest BCUT2D eigenvalue weighted by atomic mass is 16.3. The van der Waals surface area contributed by atoms with E-state index < -0.39 is 0 Å². The summed E-state index contributed by atoms with van der Waals surface area (Å²) in [5, 5.41) is 10.7. The molecule has 1 aromatic carbocycles. The highest BCUT2D eigenvalue weighted by Gasteiger charge is 2.16. The van der Waals surface area contributed by atoms with Crippen molar-refractivity contribution in [3.63, 3.8) is 0 Å². The van der Waals surface area contributed by atoms with Crippen LogP contribution in [0.3, 0.4) is 0 Å². The van der Waals surface area contributed by atoms with Crippen LogP contribution in [0, 0.1) is 0 Å². The molecular formula is C23H40O. The van der Waals surface area contributed by atoms with E-state index in [4.69, 9.17) is 0 Å². The van der Waals surface area contributed by atoms with Gasteiger partial charge < -0.3 is 5.11 Å². The summed E-state index contributed by atoms with van der Waals surface area (Å²) in [4.78, 5) is 0. The van der Waals surface area contributed by atoms with Gasteiger partial charge in [0, 0.05) is 0 Å². The van der Waals surface area contributed by atoms with Crippen molar-refractivity contribution in [2.75, 3.05) is 0 Å².